The highest BCUT2D eigenvalue weighted by Gasteiger charge is 1.98. The fourth-order valence-corrected chi connectivity index (χ4v) is 1.82. The van der Waals surface area contributed by atoms with E-state index in [1.54, 1.807) is 11.0 Å². The summed E-state index contributed by atoms with van der Waals surface area (Å²) >= 11 is 0. The largest absolute Gasteiger partial charge is 0.235 e. The van der Waals surface area contributed by atoms with Crippen LogP contribution in [0.4, 0.5) is 0 Å². The molecule has 1 aromatic heterocycles. The van der Waals surface area contributed by atoms with Gasteiger partial charge in [-0.05, 0) is 24.6 Å². The molecule has 0 saturated carbocycles. The SMILES string of the molecule is Cc1ccc(/C=N\n2cnc3ccccc32)cc1. The van der Waals surface area contributed by atoms with Crippen LogP contribution in [0.2, 0.25) is 0 Å². The summed E-state index contributed by atoms with van der Waals surface area (Å²) in [7, 11) is 0. The van der Waals surface area contributed by atoms with E-state index in [1.165, 1.54) is 5.56 Å². The first kappa shape index (κ1) is 10.7. The van der Waals surface area contributed by atoms with Crippen LogP contribution in [0.25, 0.3) is 11.0 Å². The standard InChI is InChI=1S/C15H13N3/c1-12-6-8-13(9-7-12)10-17-18-11-16-14-4-2-3-5-15(14)18/h2-11H,1H3/b17-10-. The molecule has 3 heteroatoms. The molecule has 0 unspecified atom stereocenters. The second kappa shape index (κ2) is 4.45. The molecule has 0 radical (unpaired) electrons. The molecule has 0 N–H and O–H groups in total. The minimum atomic E-state index is 0.957. The van der Waals surface area contributed by atoms with Crippen LogP contribution < -0.4 is 0 Å². The Hall–Kier alpha value is -2.42. The zero-order valence-corrected chi connectivity index (χ0v) is 10.1. The number of aromatic nitrogens is 2. The van der Waals surface area contributed by atoms with E-state index in [0.717, 1.165) is 16.6 Å². The molecule has 0 aliphatic carbocycles. The molecule has 3 rings (SSSR count). The lowest BCUT2D eigenvalue weighted by Crippen LogP contribution is -1.88. The zero-order valence-electron chi connectivity index (χ0n) is 10.1. The van der Waals surface area contributed by atoms with Crippen LogP contribution in [0, 0.1) is 6.92 Å². The number of aryl methyl sites for hydroxylation is 1. The van der Waals surface area contributed by atoms with Crippen molar-refractivity contribution in [3.8, 4) is 0 Å². The summed E-state index contributed by atoms with van der Waals surface area (Å²) in [6.07, 6.45) is 3.57. The highest BCUT2D eigenvalue weighted by Crippen LogP contribution is 2.11. The lowest BCUT2D eigenvalue weighted by Gasteiger charge is -1.96. The Morgan fingerprint density at radius 2 is 1.83 bits per heavy atom. The van der Waals surface area contributed by atoms with Crippen LogP contribution in [0.1, 0.15) is 11.1 Å². The molecule has 0 bridgehead atoms. The first-order valence-corrected chi connectivity index (χ1v) is 5.86. The number of benzene rings is 2. The van der Waals surface area contributed by atoms with Crippen molar-refractivity contribution in [2.45, 2.75) is 6.92 Å². The first-order valence-electron chi connectivity index (χ1n) is 5.86. The number of hydrogen-bond donors (Lipinski definition) is 0. The quantitative estimate of drug-likeness (QED) is 0.627. The van der Waals surface area contributed by atoms with Gasteiger partial charge in [-0.1, -0.05) is 42.0 Å². The molecule has 88 valence electrons. The van der Waals surface area contributed by atoms with Gasteiger partial charge < -0.3 is 0 Å². The maximum atomic E-state index is 4.42. The van der Waals surface area contributed by atoms with Crippen molar-refractivity contribution < 1.29 is 0 Å². The Labute approximate surface area is 105 Å². The number of hydrogen-bond acceptors (Lipinski definition) is 2. The summed E-state index contributed by atoms with van der Waals surface area (Å²) in [6.45, 7) is 2.07. The zero-order chi connectivity index (χ0) is 12.4. The van der Waals surface area contributed by atoms with Gasteiger partial charge >= 0.3 is 0 Å². The van der Waals surface area contributed by atoms with Crippen molar-refractivity contribution in [1.82, 2.24) is 9.66 Å². The van der Waals surface area contributed by atoms with E-state index < -0.39 is 0 Å². The van der Waals surface area contributed by atoms with E-state index in [2.05, 4.69) is 41.3 Å². The van der Waals surface area contributed by atoms with Gasteiger partial charge in [0.25, 0.3) is 0 Å². The fraction of sp³-hybridized carbons (Fsp3) is 0.0667. The Kier molecular flexibility index (Phi) is 2.65. The average Bonchev–Trinajstić information content (AvgIpc) is 2.82. The third-order valence-corrected chi connectivity index (χ3v) is 2.84. The second-order valence-corrected chi connectivity index (χ2v) is 4.23. The monoisotopic (exact) mass is 235 g/mol. The summed E-state index contributed by atoms with van der Waals surface area (Å²) in [6, 6.07) is 16.2. The normalized spacial score (nSPS) is 11.4. The first-order chi connectivity index (χ1) is 8.83. The third kappa shape index (κ3) is 2.02. The van der Waals surface area contributed by atoms with Gasteiger partial charge in [-0.2, -0.15) is 5.10 Å². The van der Waals surface area contributed by atoms with Crippen LogP contribution in [0.5, 0.6) is 0 Å². The third-order valence-electron chi connectivity index (χ3n) is 2.84. The average molecular weight is 235 g/mol. The molecule has 3 aromatic rings. The Bertz CT molecular complexity index is 693. The molecule has 0 aliphatic heterocycles. The van der Waals surface area contributed by atoms with Crippen LogP contribution in [-0.2, 0) is 0 Å². The van der Waals surface area contributed by atoms with Gasteiger partial charge in [0.15, 0.2) is 0 Å². The molecule has 2 aromatic carbocycles. The van der Waals surface area contributed by atoms with E-state index >= 15 is 0 Å². The molecular formula is C15H13N3. The molecule has 0 aliphatic rings. The highest BCUT2D eigenvalue weighted by atomic mass is 15.4. The van der Waals surface area contributed by atoms with Crippen LogP contribution in [0.3, 0.4) is 0 Å². The van der Waals surface area contributed by atoms with Gasteiger partial charge in [0.2, 0.25) is 0 Å². The van der Waals surface area contributed by atoms with E-state index in [9.17, 15) is 0 Å². The number of fused-ring (bicyclic) bond motifs is 1. The Morgan fingerprint density at radius 1 is 1.06 bits per heavy atom. The molecule has 0 spiro atoms. The Balaban J connectivity index is 1.94. The highest BCUT2D eigenvalue weighted by molar-refractivity contribution is 5.81. The number of imidazole rings is 1. The van der Waals surface area contributed by atoms with Gasteiger partial charge in [0, 0.05) is 0 Å². The van der Waals surface area contributed by atoms with Crippen molar-refractivity contribution >= 4 is 17.2 Å². The smallest absolute Gasteiger partial charge is 0.118 e. The van der Waals surface area contributed by atoms with Crippen molar-refractivity contribution in [2.75, 3.05) is 0 Å². The summed E-state index contributed by atoms with van der Waals surface area (Å²) in [5, 5.41) is 4.42. The van der Waals surface area contributed by atoms with Gasteiger partial charge in [-0.15, -0.1) is 0 Å². The number of para-hydroxylation sites is 2. The van der Waals surface area contributed by atoms with Crippen LogP contribution >= 0.6 is 0 Å². The number of nitrogens with zero attached hydrogens (tertiary/aromatic N) is 3. The van der Waals surface area contributed by atoms with E-state index in [4.69, 9.17) is 0 Å². The van der Waals surface area contributed by atoms with Gasteiger partial charge in [-0.25, -0.2) is 9.66 Å². The summed E-state index contributed by atoms with van der Waals surface area (Å²) in [5.74, 6) is 0. The molecule has 3 nitrogen and oxygen atoms in total. The van der Waals surface area contributed by atoms with E-state index in [-0.39, 0.29) is 0 Å². The summed E-state index contributed by atoms with van der Waals surface area (Å²) < 4.78 is 1.79. The van der Waals surface area contributed by atoms with E-state index in [1.807, 2.05) is 30.5 Å². The van der Waals surface area contributed by atoms with Gasteiger partial charge in [0.05, 0.1) is 17.2 Å². The molecular weight excluding hydrogens is 222 g/mol. The lowest BCUT2D eigenvalue weighted by atomic mass is 10.2. The van der Waals surface area contributed by atoms with Crippen LogP contribution in [-0.4, -0.2) is 15.9 Å². The molecule has 0 atom stereocenters. The Morgan fingerprint density at radius 3 is 2.67 bits per heavy atom. The summed E-state index contributed by atoms with van der Waals surface area (Å²) in [5.41, 5.74) is 4.30. The van der Waals surface area contributed by atoms with Crippen LogP contribution in [0.15, 0.2) is 60.0 Å². The number of rotatable bonds is 2. The minimum Gasteiger partial charge on any atom is -0.235 e. The molecule has 1 heterocycles. The van der Waals surface area contributed by atoms with Crippen molar-refractivity contribution in [1.29, 1.82) is 0 Å². The van der Waals surface area contributed by atoms with Crippen molar-refractivity contribution in [3.05, 3.63) is 66.0 Å². The minimum absolute atomic E-state index is 0.957. The molecule has 18 heavy (non-hydrogen) atoms. The maximum Gasteiger partial charge on any atom is 0.118 e. The second-order valence-electron chi connectivity index (χ2n) is 4.23. The molecule has 0 amide bonds. The van der Waals surface area contributed by atoms with Gasteiger partial charge in [-0.3, -0.25) is 0 Å². The molecule has 0 saturated heterocycles. The summed E-state index contributed by atoms with van der Waals surface area (Å²) in [4.78, 5) is 4.29. The topological polar surface area (TPSA) is 30.2 Å². The fourth-order valence-electron chi connectivity index (χ4n) is 1.82. The lowest BCUT2D eigenvalue weighted by molar-refractivity contribution is 0.914. The predicted molar refractivity (Wildman–Crippen MR) is 73.9 cm³/mol. The predicted octanol–water partition coefficient (Wildman–Crippen LogP) is 3.23. The maximum absolute atomic E-state index is 4.42. The van der Waals surface area contributed by atoms with Crippen molar-refractivity contribution in [3.63, 3.8) is 0 Å². The van der Waals surface area contributed by atoms with Crippen molar-refractivity contribution in [2.24, 2.45) is 5.10 Å². The molecule has 0 fully saturated rings. The van der Waals surface area contributed by atoms with E-state index in [0.29, 0.717) is 0 Å². The van der Waals surface area contributed by atoms with Gasteiger partial charge in [0.1, 0.15) is 6.33 Å².